The maximum atomic E-state index is 10.6. The minimum absolute atomic E-state index is 0.249. The Morgan fingerprint density at radius 2 is 1.90 bits per heavy atom. The summed E-state index contributed by atoms with van der Waals surface area (Å²) in [5.41, 5.74) is 0. The second-order valence-electron chi connectivity index (χ2n) is 2.36. The highest BCUT2D eigenvalue weighted by atomic mass is 16.6. The maximum Gasteiger partial charge on any atom is 0.230 e. The van der Waals surface area contributed by atoms with Crippen molar-refractivity contribution in [2.45, 2.75) is 19.3 Å². The smallest absolute Gasteiger partial charge is 0.230 e. The van der Waals surface area contributed by atoms with E-state index in [4.69, 9.17) is 5.21 Å². The van der Waals surface area contributed by atoms with Crippen LogP contribution in [0.15, 0.2) is 5.28 Å². The van der Waals surface area contributed by atoms with Crippen LogP contribution in [0, 0.1) is 5.21 Å². The Hall–Kier alpha value is -1.00. The summed E-state index contributed by atoms with van der Waals surface area (Å²) in [6, 6.07) is 0. The summed E-state index contributed by atoms with van der Waals surface area (Å²) < 4.78 is 0. The average Bonchev–Trinajstić information content (AvgIpc) is 2.05. The van der Waals surface area contributed by atoms with Gasteiger partial charge in [-0.2, -0.15) is 0 Å². The monoisotopic (exact) mass is 145 g/mol. The lowest BCUT2D eigenvalue weighted by atomic mass is 10.2. The highest BCUT2D eigenvalue weighted by Crippen LogP contribution is 2.07. The highest BCUT2D eigenvalue weighted by molar-refractivity contribution is 4.54. The molecule has 10 heavy (non-hydrogen) atoms. The van der Waals surface area contributed by atoms with Crippen LogP contribution in [-0.2, 0) is 0 Å². The van der Waals surface area contributed by atoms with Gasteiger partial charge in [-0.05, 0) is 19.3 Å². The lowest BCUT2D eigenvalue weighted by Gasteiger charge is -2.21. The summed E-state index contributed by atoms with van der Waals surface area (Å²) in [5.74, 6) is 0. The third-order valence-corrected chi connectivity index (χ3v) is 1.65. The zero-order chi connectivity index (χ0) is 7.40. The molecule has 0 aromatic heterocycles. The first-order valence-corrected chi connectivity index (χ1v) is 3.42. The van der Waals surface area contributed by atoms with Crippen LogP contribution in [0.5, 0.6) is 0 Å². The first-order valence-electron chi connectivity index (χ1n) is 3.42. The van der Waals surface area contributed by atoms with Gasteiger partial charge in [-0.1, -0.05) is 0 Å². The molecule has 5 nitrogen and oxygen atoms in total. The molecule has 0 atom stereocenters. The second kappa shape index (κ2) is 3.24. The average molecular weight is 145 g/mol. The third-order valence-electron chi connectivity index (χ3n) is 1.65. The zero-order valence-electron chi connectivity index (χ0n) is 5.73. The van der Waals surface area contributed by atoms with Crippen molar-refractivity contribution in [3.05, 3.63) is 5.21 Å². The van der Waals surface area contributed by atoms with Gasteiger partial charge in [0.25, 0.3) is 0 Å². The van der Waals surface area contributed by atoms with Crippen LogP contribution in [-0.4, -0.2) is 28.3 Å². The zero-order valence-corrected chi connectivity index (χ0v) is 5.73. The number of hydrogen-bond acceptors (Lipinski definition) is 2. The van der Waals surface area contributed by atoms with Crippen molar-refractivity contribution in [3.8, 4) is 0 Å². The van der Waals surface area contributed by atoms with Crippen LogP contribution in [0.2, 0.25) is 0 Å². The number of nitrogens with zero attached hydrogens (tertiary/aromatic N) is 3. The molecule has 0 aliphatic carbocycles. The molecule has 58 valence electrons. The van der Waals surface area contributed by atoms with E-state index >= 15 is 0 Å². The minimum Gasteiger partial charge on any atom is -0.569 e. The Labute approximate surface area is 59.1 Å². The van der Waals surface area contributed by atoms with E-state index in [9.17, 15) is 5.21 Å². The van der Waals surface area contributed by atoms with Gasteiger partial charge in [-0.3, -0.25) is 0 Å². The molecule has 1 N–H and O–H groups in total. The summed E-state index contributed by atoms with van der Waals surface area (Å²) in [6.07, 6.45) is 3.18. The molecule has 0 radical (unpaired) electrons. The van der Waals surface area contributed by atoms with E-state index in [1.807, 2.05) is 0 Å². The van der Waals surface area contributed by atoms with Gasteiger partial charge in [0.2, 0.25) is 5.28 Å². The van der Waals surface area contributed by atoms with E-state index in [2.05, 4.69) is 5.28 Å². The standard InChI is InChI=1S/C5H11N3O2/c9-6-8(10)7-4-2-1-3-5-7/h9H,1-5H2/b8-6+. The number of hydrazine groups is 1. The normalized spacial score (nSPS) is 21.2. The molecule has 5 heteroatoms. The van der Waals surface area contributed by atoms with E-state index in [0.29, 0.717) is 13.1 Å². The Morgan fingerprint density at radius 1 is 1.30 bits per heavy atom. The van der Waals surface area contributed by atoms with Crippen molar-refractivity contribution in [1.29, 1.82) is 0 Å². The number of rotatable bonds is 1. The molecule has 1 rings (SSSR count). The maximum absolute atomic E-state index is 10.6. The Bertz CT molecular complexity index is 131. The van der Waals surface area contributed by atoms with Crippen LogP contribution >= 0.6 is 0 Å². The summed E-state index contributed by atoms with van der Waals surface area (Å²) in [5, 5.41) is 22.7. The van der Waals surface area contributed by atoms with Crippen LogP contribution in [0.25, 0.3) is 0 Å². The van der Waals surface area contributed by atoms with Gasteiger partial charge in [0.1, 0.15) is 0 Å². The first-order chi connectivity index (χ1) is 4.84. The molecule has 0 aromatic rings. The van der Waals surface area contributed by atoms with E-state index < -0.39 is 0 Å². The summed E-state index contributed by atoms with van der Waals surface area (Å²) in [7, 11) is 0. The third kappa shape index (κ3) is 1.49. The van der Waals surface area contributed by atoms with Crippen molar-refractivity contribution in [3.63, 3.8) is 0 Å². The molecular weight excluding hydrogens is 134 g/mol. The molecule has 0 saturated carbocycles. The van der Waals surface area contributed by atoms with E-state index in [-0.39, 0.29) is 4.97 Å². The molecule has 1 aliphatic rings. The topological polar surface area (TPSA) is 61.9 Å². The Morgan fingerprint density at radius 3 is 2.40 bits per heavy atom. The van der Waals surface area contributed by atoms with Crippen molar-refractivity contribution in [2.24, 2.45) is 5.28 Å². The molecule has 1 fully saturated rings. The van der Waals surface area contributed by atoms with Crippen LogP contribution < -0.4 is 0 Å². The molecule has 0 bridgehead atoms. The van der Waals surface area contributed by atoms with Gasteiger partial charge in [0.05, 0.1) is 18.1 Å². The van der Waals surface area contributed by atoms with Gasteiger partial charge in [-0.15, -0.1) is 5.01 Å². The molecule has 1 saturated heterocycles. The predicted octanol–water partition coefficient (Wildman–Crippen LogP) is 0.739. The van der Waals surface area contributed by atoms with E-state index in [1.54, 1.807) is 0 Å². The van der Waals surface area contributed by atoms with Gasteiger partial charge in [0, 0.05) is 0 Å². The Kier molecular flexibility index (Phi) is 2.30. The van der Waals surface area contributed by atoms with Crippen LogP contribution in [0.4, 0.5) is 0 Å². The van der Waals surface area contributed by atoms with Crippen molar-refractivity contribution >= 4 is 0 Å². The number of piperidine rings is 1. The molecule has 1 aliphatic heterocycles. The molecule has 1 heterocycles. The fraction of sp³-hybridized carbons (Fsp3) is 1.00. The molecule has 0 aromatic carbocycles. The SMILES string of the molecule is [O-]/[N+](=N/O)N1CCCCC1. The summed E-state index contributed by atoms with van der Waals surface area (Å²) in [6.45, 7) is 1.40. The van der Waals surface area contributed by atoms with Crippen molar-refractivity contribution < 1.29 is 10.2 Å². The number of hydrogen-bond donors (Lipinski definition) is 1. The lowest BCUT2D eigenvalue weighted by molar-refractivity contribution is -0.711. The van der Waals surface area contributed by atoms with Crippen molar-refractivity contribution in [1.82, 2.24) is 5.01 Å². The molecule has 0 amide bonds. The molecular formula is C5H11N3O2. The fourth-order valence-corrected chi connectivity index (χ4v) is 1.10. The van der Waals surface area contributed by atoms with Crippen LogP contribution in [0.1, 0.15) is 19.3 Å². The molecule has 0 spiro atoms. The van der Waals surface area contributed by atoms with Gasteiger partial charge < -0.3 is 10.4 Å². The largest absolute Gasteiger partial charge is 0.569 e. The summed E-state index contributed by atoms with van der Waals surface area (Å²) in [4.78, 5) is 0.249. The van der Waals surface area contributed by atoms with Gasteiger partial charge in [0.15, 0.2) is 0 Å². The molecule has 0 unspecified atom stereocenters. The fourth-order valence-electron chi connectivity index (χ4n) is 1.10. The minimum atomic E-state index is 0.249. The van der Waals surface area contributed by atoms with Gasteiger partial charge in [-0.25, -0.2) is 0 Å². The van der Waals surface area contributed by atoms with E-state index in [0.717, 1.165) is 19.3 Å². The highest BCUT2D eigenvalue weighted by Gasteiger charge is 2.15. The van der Waals surface area contributed by atoms with E-state index in [1.165, 1.54) is 5.01 Å². The Balaban J connectivity index is 2.39. The van der Waals surface area contributed by atoms with Gasteiger partial charge >= 0.3 is 0 Å². The predicted molar refractivity (Wildman–Crippen MR) is 33.3 cm³/mol. The second-order valence-corrected chi connectivity index (χ2v) is 2.36. The summed E-state index contributed by atoms with van der Waals surface area (Å²) >= 11 is 0. The van der Waals surface area contributed by atoms with Crippen molar-refractivity contribution in [2.75, 3.05) is 13.1 Å². The first kappa shape index (κ1) is 7.11. The van der Waals surface area contributed by atoms with Crippen LogP contribution in [0.3, 0.4) is 0 Å². The lowest BCUT2D eigenvalue weighted by Crippen LogP contribution is -2.35. The quantitative estimate of drug-likeness (QED) is 0.336.